The second-order valence-corrected chi connectivity index (χ2v) is 6.11. The number of nitrogens with zero attached hydrogens (tertiary/aromatic N) is 2. The van der Waals surface area contributed by atoms with Crippen molar-refractivity contribution in [1.82, 2.24) is 9.55 Å². The number of aromatic nitrogens is 2. The normalized spacial score (nSPS) is 11.7. The summed E-state index contributed by atoms with van der Waals surface area (Å²) in [6, 6.07) is 7.61. The monoisotopic (exact) mass is 397 g/mol. The lowest BCUT2D eigenvalue weighted by molar-refractivity contribution is -0.141. The highest BCUT2D eigenvalue weighted by molar-refractivity contribution is 9.10. The Labute approximate surface area is 143 Å². The minimum absolute atomic E-state index is 0.0364. The van der Waals surface area contributed by atoms with E-state index in [2.05, 4.69) is 26.2 Å². The molecule has 0 spiro atoms. The molecule has 0 fully saturated rings. The molecule has 0 unspecified atom stereocenters. The number of rotatable bonds is 2. The van der Waals surface area contributed by atoms with Gasteiger partial charge in [-0.2, -0.15) is 13.2 Å². The summed E-state index contributed by atoms with van der Waals surface area (Å²) in [6.45, 7) is 0. The van der Waals surface area contributed by atoms with Gasteiger partial charge in [0.05, 0.1) is 5.56 Å². The van der Waals surface area contributed by atoms with Crippen LogP contribution < -0.4 is 5.32 Å². The number of nitrogens with one attached hydrogen (secondary N) is 1. The Morgan fingerprint density at radius 1 is 1.25 bits per heavy atom. The van der Waals surface area contributed by atoms with Crippen molar-refractivity contribution in [3.8, 4) is 0 Å². The van der Waals surface area contributed by atoms with Gasteiger partial charge in [-0.1, -0.05) is 15.9 Å². The molecule has 3 rings (SSSR count). The standard InChI is InChI=1S/C16H11BrF3N3O/c1-23-8-12(11-6-9(17)2-3-13(11)23)15(24)22-10-4-5-21-14(7-10)16(18,19)20/h2-8H,1H3,(H,21,22,24). The van der Waals surface area contributed by atoms with Crippen molar-refractivity contribution in [2.24, 2.45) is 7.05 Å². The number of amides is 1. The van der Waals surface area contributed by atoms with Crippen LogP contribution >= 0.6 is 15.9 Å². The van der Waals surface area contributed by atoms with E-state index in [0.717, 1.165) is 22.3 Å². The lowest BCUT2D eigenvalue weighted by Crippen LogP contribution is -2.13. The number of carbonyl (C=O) groups excluding carboxylic acids is 1. The van der Waals surface area contributed by atoms with Gasteiger partial charge in [-0.3, -0.25) is 9.78 Å². The van der Waals surface area contributed by atoms with E-state index in [1.54, 1.807) is 23.9 Å². The van der Waals surface area contributed by atoms with Crippen molar-refractivity contribution in [2.45, 2.75) is 6.18 Å². The maximum atomic E-state index is 12.7. The van der Waals surface area contributed by atoms with Gasteiger partial charge in [-0.15, -0.1) is 0 Å². The molecule has 1 amide bonds. The first-order chi connectivity index (χ1) is 11.3. The molecule has 0 saturated heterocycles. The van der Waals surface area contributed by atoms with Crippen molar-refractivity contribution >= 4 is 38.4 Å². The van der Waals surface area contributed by atoms with Crippen LogP contribution in [0.1, 0.15) is 16.1 Å². The lowest BCUT2D eigenvalue weighted by Gasteiger charge is -2.08. The number of hydrogen-bond donors (Lipinski definition) is 1. The molecule has 0 bridgehead atoms. The topological polar surface area (TPSA) is 46.9 Å². The third kappa shape index (κ3) is 3.14. The predicted molar refractivity (Wildman–Crippen MR) is 87.8 cm³/mol. The first-order valence-electron chi connectivity index (χ1n) is 6.85. The maximum Gasteiger partial charge on any atom is 0.433 e. The summed E-state index contributed by atoms with van der Waals surface area (Å²) in [5.41, 5.74) is 0.198. The van der Waals surface area contributed by atoms with Crippen molar-refractivity contribution < 1.29 is 18.0 Å². The Kier molecular flexibility index (Phi) is 4.08. The van der Waals surface area contributed by atoms with Gasteiger partial charge in [0.1, 0.15) is 5.69 Å². The Bertz CT molecular complexity index is 934. The molecule has 0 aliphatic heterocycles. The largest absolute Gasteiger partial charge is 0.433 e. The second-order valence-electron chi connectivity index (χ2n) is 5.20. The molecule has 2 aromatic heterocycles. The van der Waals surface area contributed by atoms with Gasteiger partial charge in [-0.05, 0) is 30.3 Å². The van der Waals surface area contributed by atoms with Gasteiger partial charge >= 0.3 is 6.18 Å². The number of aryl methyl sites for hydroxylation is 1. The summed E-state index contributed by atoms with van der Waals surface area (Å²) in [5.74, 6) is -0.488. The summed E-state index contributed by atoms with van der Waals surface area (Å²) in [5, 5.41) is 3.19. The van der Waals surface area contributed by atoms with E-state index in [9.17, 15) is 18.0 Å². The fourth-order valence-corrected chi connectivity index (χ4v) is 2.77. The van der Waals surface area contributed by atoms with Crippen molar-refractivity contribution in [1.29, 1.82) is 0 Å². The van der Waals surface area contributed by atoms with E-state index in [-0.39, 0.29) is 5.69 Å². The molecule has 24 heavy (non-hydrogen) atoms. The number of pyridine rings is 1. The number of hydrogen-bond acceptors (Lipinski definition) is 2. The second kappa shape index (κ2) is 5.94. The molecule has 1 aromatic carbocycles. The molecule has 4 nitrogen and oxygen atoms in total. The average molecular weight is 398 g/mol. The molecule has 0 atom stereocenters. The number of fused-ring (bicyclic) bond motifs is 1. The molecule has 0 saturated carbocycles. The molecule has 0 aliphatic carbocycles. The van der Waals surface area contributed by atoms with Crippen LogP contribution in [-0.4, -0.2) is 15.5 Å². The van der Waals surface area contributed by atoms with Gasteiger partial charge in [0, 0.05) is 40.5 Å². The summed E-state index contributed by atoms with van der Waals surface area (Å²) >= 11 is 3.35. The van der Waals surface area contributed by atoms with Gasteiger partial charge in [0.25, 0.3) is 5.91 Å². The van der Waals surface area contributed by atoms with E-state index in [1.807, 2.05) is 12.1 Å². The zero-order chi connectivity index (χ0) is 17.5. The summed E-state index contributed by atoms with van der Waals surface area (Å²) in [7, 11) is 1.79. The van der Waals surface area contributed by atoms with E-state index < -0.39 is 17.8 Å². The van der Waals surface area contributed by atoms with Crippen LogP contribution in [0.25, 0.3) is 10.9 Å². The van der Waals surface area contributed by atoms with Gasteiger partial charge < -0.3 is 9.88 Å². The first-order valence-corrected chi connectivity index (χ1v) is 7.64. The number of carbonyl (C=O) groups is 1. The quantitative estimate of drug-likeness (QED) is 0.686. The minimum atomic E-state index is -4.56. The predicted octanol–water partition coefficient (Wildman–Crippen LogP) is 4.61. The van der Waals surface area contributed by atoms with E-state index >= 15 is 0 Å². The summed E-state index contributed by atoms with van der Waals surface area (Å²) in [6.07, 6.45) is -1.92. The molecule has 0 aliphatic rings. The number of alkyl halides is 3. The fraction of sp³-hybridized carbons (Fsp3) is 0.125. The molecule has 1 N–H and O–H groups in total. The van der Waals surface area contributed by atoms with Crippen LogP contribution in [0, 0.1) is 0 Å². The third-order valence-corrected chi connectivity index (χ3v) is 4.00. The zero-order valence-electron chi connectivity index (χ0n) is 12.4. The number of benzene rings is 1. The van der Waals surface area contributed by atoms with Crippen LogP contribution in [0.2, 0.25) is 0 Å². The van der Waals surface area contributed by atoms with Crippen LogP contribution in [0.3, 0.4) is 0 Å². The Hall–Kier alpha value is -2.35. The smallest absolute Gasteiger partial charge is 0.350 e. The van der Waals surface area contributed by atoms with E-state index in [4.69, 9.17) is 0 Å². The minimum Gasteiger partial charge on any atom is -0.350 e. The highest BCUT2D eigenvalue weighted by atomic mass is 79.9. The van der Waals surface area contributed by atoms with E-state index in [1.165, 1.54) is 6.07 Å². The van der Waals surface area contributed by atoms with Gasteiger partial charge in [0.15, 0.2) is 0 Å². The van der Waals surface area contributed by atoms with Crippen molar-refractivity contribution in [3.05, 3.63) is 58.5 Å². The number of halogens is 4. The molecular weight excluding hydrogens is 387 g/mol. The summed E-state index contributed by atoms with van der Waals surface area (Å²) in [4.78, 5) is 15.7. The summed E-state index contributed by atoms with van der Waals surface area (Å²) < 4.78 is 40.7. The van der Waals surface area contributed by atoms with E-state index in [0.29, 0.717) is 10.9 Å². The Morgan fingerprint density at radius 3 is 2.71 bits per heavy atom. The first kappa shape index (κ1) is 16.5. The number of anilines is 1. The van der Waals surface area contributed by atoms with Crippen LogP contribution in [-0.2, 0) is 13.2 Å². The molecular formula is C16H11BrF3N3O. The molecule has 3 aromatic rings. The fourth-order valence-electron chi connectivity index (χ4n) is 2.41. The van der Waals surface area contributed by atoms with Crippen LogP contribution in [0.5, 0.6) is 0 Å². The highest BCUT2D eigenvalue weighted by Crippen LogP contribution is 2.29. The van der Waals surface area contributed by atoms with Gasteiger partial charge in [0.2, 0.25) is 0 Å². The molecule has 8 heteroatoms. The molecule has 0 radical (unpaired) electrons. The Balaban J connectivity index is 1.95. The molecule has 124 valence electrons. The lowest BCUT2D eigenvalue weighted by atomic mass is 10.1. The Morgan fingerprint density at radius 2 is 2.00 bits per heavy atom. The highest BCUT2D eigenvalue weighted by Gasteiger charge is 2.32. The molecule has 2 heterocycles. The van der Waals surface area contributed by atoms with Crippen molar-refractivity contribution in [2.75, 3.05) is 5.32 Å². The average Bonchev–Trinajstić information content (AvgIpc) is 2.83. The van der Waals surface area contributed by atoms with Crippen LogP contribution in [0.4, 0.5) is 18.9 Å². The van der Waals surface area contributed by atoms with Gasteiger partial charge in [-0.25, -0.2) is 0 Å². The SMILES string of the molecule is Cn1cc(C(=O)Nc2ccnc(C(F)(F)F)c2)c2cc(Br)ccc21. The van der Waals surface area contributed by atoms with Crippen molar-refractivity contribution in [3.63, 3.8) is 0 Å². The third-order valence-electron chi connectivity index (χ3n) is 3.50. The van der Waals surface area contributed by atoms with Crippen LogP contribution in [0.15, 0.2) is 47.2 Å². The zero-order valence-corrected chi connectivity index (χ0v) is 13.9. The maximum absolute atomic E-state index is 12.7.